The van der Waals surface area contributed by atoms with Gasteiger partial charge in [-0.3, -0.25) is 0 Å². The van der Waals surface area contributed by atoms with Crippen LogP contribution in [0.2, 0.25) is 0 Å². The van der Waals surface area contributed by atoms with E-state index in [9.17, 15) is 0 Å². The van der Waals surface area contributed by atoms with Crippen molar-refractivity contribution in [1.29, 1.82) is 0 Å². The van der Waals surface area contributed by atoms with E-state index in [4.69, 9.17) is 22.7 Å². The minimum Gasteiger partial charge on any atom is -0.490 e. The first-order valence-corrected chi connectivity index (χ1v) is 7.25. The predicted molar refractivity (Wildman–Crippen MR) is 90.4 cm³/mol. The van der Waals surface area contributed by atoms with Crippen molar-refractivity contribution in [3.63, 3.8) is 0 Å². The van der Waals surface area contributed by atoms with Crippen LogP contribution >= 0.6 is 12.2 Å². The normalized spacial score (nSPS) is 10.2. The van der Waals surface area contributed by atoms with E-state index < -0.39 is 0 Å². The van der Waals surface area contributed by atoms with E-state index in [2.05, 4.69) is 11.9 Å². The third-order valence-electron chi connectivity index (χ3n) is 3.07. The number of anilines is 2. The molecule has 0 spiro atoms. The fourth-order valence-electron chi connectivity index (χ4n) is 1.93. The van der Waals surface area contributed by atoms with Gasteiger partial charge in [0.25, 0.3) is 0 Å². The predicted octanol–water partition coefficient (Wildman–Crippen LogP) is 3.27. The second-order valence-corrected chi connectivity index (χ2v) is 5.08. The second-order valence-electron chi connectivity index (χ2n) is 4.64. The molecule has 5 heteroatoms. The Hall–Kier alpha value is -2.14. The molecule has 21 heavy (non-hydrogen) atoms. The van der Waals surface area contributed by atoms with Crippen LogP contribution in [0.3, 0.4) is 0 Å². The van der Waals surface area contributed by atoms with Crippen molar-refractivity contribution >= 4 is 28.7 Å². The number of nitrogens with zero attached hydrogens (tertiary/aromatic N) is 2. The molecule has 0 saturated heterocycles. The Morgan fingerprint density at radius 1 is 1.29 bits per heavy atom. The standard InChI is InChI=1S/C16H19N3OS/c1-3-11-20-14-5-4-10-18-16(14)19(2)13-8-6-12(7-9-13)15(17)21/h4-10H,3,11H2,1-2H3,(H2,17,21). The highest BCUT2D eigenvalue weighted by Gasteiger charge is 2.11. The third-order valence-corrected chi connectivity index (χ3v) is 3.31. The summed E-state index contributed by atoms with van der Waals surface area (Å²) in [6.45, 7) is 2.75. The van der Waals surface area contributed by atoms with Crippen molar-refractivity contribution in [1.82, 2.24) is 4.98 Å². The summed E-state index contributed by atoms with van der Waals surface area (Å²) in [6, 6.07) is 11.5. The first-order valence-electron chi connectivity index (χ1n) is 6.85. The smallest absolute Gasteiger partial charge is 0.175 e. The van der Waals surface area contributed by atoms with Crippen LogP contribution in [-0.4, -0.2) is 23.6 Å². The molecule has 110 valence electrons. The molecule has 0 atom stereocenters. The first kappa shape index (κ1) is 15.3. The van der Waals surface area contributed by atoms with E-state index >= 15 is 0 Å². The molecule has 1 aromatic carbocycles. The molecule has 0 amide bonds. The van der Waals surface area contributed by atoms with Crippen LogP contribution in [0.1, 0.15) is 18.9 Å². The molecule has 0 radical (unpaired) electrons. The van der Waals surface area contributed by atoms with Crippen LogP contribution in [0.15, 0.2) is 42.6 Å². The SMILES string of the molecule is CCCOc1cccnc1N(C)c1ccc(C(N)=S)cc1. The number of thiocarbonyl (C=S) groups is 1. The summed E-state index contributed by atoms with van der Waals surface area (Å²) in [5.74, 6) is 1.56. The summed E-state index contributed by atoms with van der Waals surface area (Å²) in [6.07, 6.45) is 2.72. The van der Waals surface area contributed by atoms with Crippen LogP contribution in [0.4, 0.5) is 11.5 Å². The van der Waals surface area contributed by atoms with E-state index in [0.29, 0.717) is 11.6 Å². The quantitative estimate of drug-likeness (QED) is 0.830. The number of pyridine rings is 1. The lowest BCUT2D eigenvalue weighted by molar-refractivity contribution is 0.317. The Labute approximate surface area is 130 Å². The van der Waals surface area contributed by atoms with Crippen LogP contribution in [0.5, 0.6) is 5.75 Å². The average Bonchev–Trinajstić information content (AvgIpc) is 2.52. The molecule has 2 N–H and O–H groups in total. The molecule has 0 bridgehead atoms. The Morgan fingerprint density at radius 2 is 2.00 bits per heavy atom. The molecular weight excluding hydrogens is 282 g/mol. The zero-order valence-electron chi connectivity index (χ0n) is 12.2. The van der Waals surface area contributed by atoms with E-state index in [1.807, 2.05) is 48.3 Å². The van der Waals surface area contributed by atoms with Gasteiger partial charge >= 0.3 is 0 Å². The van der Waals surface area contributed by atoms with Gasteiger partial charge in [0, 0.05) is 24.5 Å². The van der Waals surface area contributed by atoms with Gasteiger partial charge in [0.05, 0.1) is 6.61 Å². The average molecular weight is 301 g/mol. The van der Waals surface area contributed by atoms with Crippen LogP contribution in [-0.2, 0) is 0 Å². The maximum atomic E-state index is 5.75. The van der Waals surface area contributed by atoms with Crippen molar-refractivity contribution < 1.29 is 4.74 Å². The number of benzene rings is 1. The van der Waals surface area contributed by atoms with Gasteiger partial charge in [-0.2, -0.15) is 0 Å². The van der Waals surface area contributed by atoms with E-state index in [0.717, 1.165) is 29.2 Å². The number of rotatable bonds is 6. The van der Waals surface area contributed by atoms with Gasteiger partial charge in [0.2, 0.25) is 0 Å². The molecule has 0 aliphatic heterocycles. The van der Waals surface area contributed by atoms with Crippen LogP contribution in [0, 0.1) is 0 Å². The number of nitrogens with two attached hydrogens (primary N) is 1. The maximum absolute atomic E-state index is 5.75. The number of hydrogen-bond donors (Lipinski definition) is 1. The summed E-state index contributed by atoms with van der Waals surface area (Å²) >= 11 is 4.96. The van der Waals surface area contributed by atoms with Crippen molar-refractivity contribution in [2.24, 2.45) is 5.73 Å². The molecule has 2 aromatic rings. The summed E-state index contributed by atoms with van der Waals surface area (Å²) < 4.78 is 5.75. The molecule has 4 nitrogen and oxygen atoms in total. The Bertz CT molecular complexity index is 613. The van der Waals surface area contributed by atoms with Crippen LogP contribution < -0.4 is 15.4 Å². The molecule has 1 aromatic heterocycles. The van der Waals surface area contributed by atoms with E-state index in [1.54, 1.807) is 6.20 Å². The molecular formula is C16H19N3OS. The van der Waals surface area contributed by atoms with Crippen LogP contribution in [0.25, 0.3) is 0 Å². The minimum atomic E-state index is 0.397. The Morgan fingerprint density at radius 3 is 2.62 bits per heavy atom. The fourth-order valence-corrected chi connectivity index (χ4v) is 2.07. The topological polar surface area (TPSA) is 51.4 Å². The van der Waals surface area contributed by atoms with Gasteiger partial charge in [0.1, 0.15) is 4.99 Å². The lowest BCUT2D eigenvalue weighted by atomic mass is 10.2. The summed E-state index contributed by atoms with van der Waals surface area (Å²) in [4.78, 5) is 6.79. The van der Waals surface area contributed by atoms with Gasteiger partial charge in [-0.15, -0.1) is 0 Å². The summed E-state index contributed by atoms with van der Waals surface area (Å²) in [5.41, 5.74) is 7.46. The van der Waals surface area contributed by atoms with Gasteiger partial charge in [0.15, 0.2) is 11.6 Å². The minimum absolute atomic E-state index is 0.397. The zero-order chi connectivity index (χ0) is 15.2. The highest BCUT2D eigenvalue weighted by Crippen LogP contribution is 2.30. The molecule has 0 aliphatic carbocycles. The van der Waals surface area contributed by atoms with Crippen molar-refractivity contribution in [2.75, 3.05) is 18.6 Å². The Kier molecular flexibility index (Phi) is 5.11. The van der Waals surface area contributed by atoms with Gasteiger partial charge in [-0.1, -0.05) is 19.1 Å². The number of aromatic nitrogens is 1. The van der Waals surface area contributed by atoms with Gasteiger partial charge in [-0.05, 0) is 42.8 Å². The second kappa shape index (κ2) is 7.04. The van der Waals surface area contributed by atoms with Crippen molar-refractivity contribution in [2.45, 2.75) is 13.3 Å². The van der Waals surface area contributed by atoms with E-state index in [1.165, 1.54) is 0 Å². The number of hydrogen-bond acceptors (Lipinski definition) is 4. The first-order chi connectivity index (χ1) is 10.1. The van der Waals surface area contributed by atoms with E-state index in [-0.39, 0.29) is 0 Å². The maximum Gasteiger partial charge on any atom is 0.175 e. The Balaban J connectivity index is 2.26. The summed E-state index contributed by atoms with van der Waals surface area (Å²) in [7, 11) is 1.96. The fraction of sp³-hybridized carbons (Fsp3) is 0.250. The van der Waals surface area contributed by atoms with Crippen molar-refractivity contribution in [3.05, 3.63) is 48.2 Å². The third kappa shape index (κ3) is 3.70. The molecule has 0 saturated carbocycles. The van der Waals surface area contributed by atoms with Gasteiger partial charge in [-0.25, -0.2) is 4.98 Å². The lowest BCUT2D eigenvalue weighted by Crippen LogP contribution is -2.14. The molecule has 0 aliphatic rings. The summed E-state index contributed by atoms with van der Waals surface area (Å²) in [5, 5.41) is 0. The number of ether oxygens (including phenoxy) is 1. The largest absolute Gasteiger partial charge is 0.490 e. The van der Waals surface area contributed by atoms with Gasteiger partial charge < -0.3 is 15.4 Å². The molecule has 2 rings (SSSR count). The lowest BCUT2D eigenvalue weighted by Gasteiger charge is -2.21. The molecule has 1 heterocycles. The molecule has 0 fully saturated rings. The van der Waals surface area contributed by atoms with Crippen molar-refractivity contribution in [3.8, 4) is 5.75 Å². The molecule has 0 unspecified atom stereocenters. The zero-order valence-corrected chi connectivity index (χ0v) is 13.1. The highest BCUT2D eigenvalue weighted by atomic mass is 32.1. The highest BCUT2D eigenvalue weighted by molar-refractivity contribution is 7.80. The monoisotopic (exact) mass is 301 g/mol.